The summed E-state index contributed by atoms with van der Waals surface area (Å²) in [5.41, 5.74) is 0.768. The first-order valence-electron chi connectivity index (χ1n) is 6.36. The number of carbonyl (C=O) groups is 1. The maximum Gasteiger partial charge on any atom is 0.305 e. The standard InChI is InChI=1S/C14H13ClN4O2S/c15-10-4-2-9(3-5-10)11(8-12(20)21)18-14(22)19-13-16-6-1-7-17-13/h1-7,11H,8H2,(H,20,21)(H2,16,17,18,19,22). The zero-order chi connectivity index (χ0) is 15.9. The van der Waals surface area contributed by atoms with Crippen LogP contribution in [0.3, 0.4) is 0 Å². The van der Waals surface area contributed by atoms with Gasteiger partial charge >= 0.3 is 5.97 Å². The van der Waals surface area contributed by atoms with E-state index in [0.717, 1.165) is 5.56 Å². The molecule has 3 N–H and O–H groups in total. The van der Waals surface area contributed by atoms with Gasteiger partial charge in [0.1, 0.15) is 0 Å². The third kappa shape index (κ3) is 4.94. The highest BCUT2D eigenvalue weighted by atomic mass is 35.5. The molecule has 1 atom stereocenters. The fourth-order valence-corrected chi connectivity index (χ4v) is 2.14. The van der Waals surface area contributed by atoms with Crippen LogP contribution in [0, 0.1) is 0 Å². The Bertz CT molecular complexity index is 652. The van der Waals surface area contributed by atoms with Crippen LogP contribution in [0.1, 0.15) is 18.0 Å². The summed E-state index contributed by atoms with van der Waals surface area (Å²) in [5.74, 6) is -0.601. The Labute approximate surface area is 137 Å². The van der Waals surface area contributed by atoms with Gasteiger partial charge in [-0.25, -0.2) is 9.97 Å². The van der Waals surface area contributed by atoms with Crippen LogP contribution in [0.25, 0.3) is 0 Å². The molecule has 1 unspecified atom stereocenters. The van der Waals surface area contributed by atoms with Gasteiger partial charge in [0.25, 0.3) is 0 Å². The van der Waals surface area contributed by atoms with Gasteiger partial charge in [0.15, 0.2) is 5.11 Å². The van der Waals surface area contributed by atoms with Gasteiger partial charge in [-0.1, -0.05) is 23.7 Å². The van der Waals surface area contributed by atoms with Crippen molar-refractivity contribution in [3.63, 3.8) is 0 Å². The molecule has 8 heteroatoms. The number of benzene rings is 1. The van der Waals surface area contributed by atoms with Crippen molar-refractivity contribution in [1.82, 2.24) is 15.3 Å². The van der Waals surface area contributed by atoms with Crippen molar-refractivity contribution < 1.29 is 9.90 Å². The second-order valence-corrected chi connectivity index (χ2v) is 5.22. The minimum absolute atomic E-state index is 0.126. The molecule has 0 aliphatic heterocycles. The van der Waals surface area contributed by atoms with Crippen LogP contribution >= 0.6 is 23.8 Å². The van der Waals surface area contributed by atoms with Gasteiger partial charge in [0, 0.05) is 17.4 Å². The Kier molecular flexibility index (Phi) is 5.62. The number of nitrogens with zero attached hydrogens (tertiary/aromatic N) is 2. The normalized spacial score (nSPS) is 11.5. The summed E-state index contributed by atoms with van der Waals surface area (Å²) >= 11 is 11.0. The van der Waals surface area contributed by atoms with E-state index in [1.165, 1.54) is 0 Å². The van der Waals surface area contributed by atoms with E-state index in [4.69, 9.17) is 28.9 Å². The summed E-state index contributed by atoms with van der Waals surface area (Å²) in [6.45, 7) is 0. The van der Waals surface area contributed by atoms with Gasteiger partial charge < -0.3 is 15.7 Å². The predicted octanol–water partition coefficient (Wildman–Crippen LogP) is 2.63. The van der Waals surface area contributed by atoms with E-state index in [9.17, 15) is 4.79 Å². The molecule has 1 aromatic carbocycles. The first kappa shape index (κ1) is 16.1. The highest BCUT2D eigenvalue weighted by Crippen LogP contribution is 2.19. The molecule has 2 aromatic rings. The first-order valence-corrected chi connectivity index (χ1v) is 7.15. The average molecular weight is 337 g/mol. The summed E-state index contributed by atoms with van der Waals surface area (Å²) in [7, 11) is 0. The number of thiocarbonyl (C=S) groups is 1. The molecule has 0 radical (unpaired) electrons. The van der Waals surface area contributed by atoms with Gasteiger partial charge in [-0.2, -0.15) is 0 Å². The number of rotatable bonds is 5. The molecule has 6 nitrogen and oxygen atoms in total. The molecule has 1 heterocycles. The van der Waals surface area contributed by atoms with E-state index in [2.05, 4.69) is 20.6 Å². The van der Waals surface area contributed by atoms with Crippen LogP contribution in [-0.2, 0) is 4.79 Å². The molecule has 114 valence electrons. The summed E-state index contributed by atoms with van der Waals surface area (Å²) in [6.07, 6.45) is 3.02. The number of aliphatic carboxylic acids is 1. The van der Waals surface area contributed by atoms with Crippen molar-refractivity contribution in [3.05, 3.63) is 53.3 Å². The molecule has 1 aromatic heterocycles. The summed E-state index contributed by atoms with van der Waals surface area (Å²) in [5, 5.41) is 15.6. The first-order chi connectivity index (χ1) is 10.5. The molecule has 0 saturated carbocycles. The molecule has 0 bridgehead atoms. The maximum absolute atomic E-state index is 11.0. The van der Waals surface area contributed by atoms with E-state index in [-0.39, 0.29) is 11.5 Å². The van der Waals surface area contributed by atoms with Crippen molar-refractivity contribution in [1.29, 1.82) is 0 Å². The summed E-state index contributed by atoms with van der Waals surface area (Å²) < 4.78 is 0. The Hall–Kier alpha value is -2.25. The van der Waals surface area contributed by atoms with Crippen molar-refractivity contribution in [2.45, 2.75) is 12.5 Å². The molecule has 0 spiro atoms. The van der Waals surface area contributed by atoms with Crippen molar-refractivity contribution in [3.8, 4) is 0 Å². The van der Waals surface area contributed by atoms with Gasteiger partial charge in [-0.3, -0.25) is 4.79 Å². The third-order valence-electron chi connectivity index (χ3n) is 2.75. The lowest BCUT2D eigenvalue weighted by Crippen LogP contribution is -2.34. The Balaban J connectivity index is 2.07. The SMILES string of the molecule is O=C(O)CC(NC(=S)Nc1ncccn1)c1ccc(Cl)cc1. The Morgan fingerprint density at radius 1 is 1.27 bits per heavy atom. The highest BCUT2D eigenvalue weighted by molar-refractivity contribution is 7.80. The maximum atomic E-state index is 11.0. The molecular weight excluding hydrogens is 324 g/mol. The Morgan fingerprint density at radius 3 is 2.50 bits per heavy atom. The molecule has 0 aliphatic rings. The number of halogens is 1. The predicted molar refractivity (Wildman–Crippen MR) is 87.8 cm³/mol. The number of hydrogen-bond donors (Lipinski definition) is 3. The monoisotopic (exact) mass is 336 g/mol. The van der Waals surface area contributed by atoms with E-state index in [1.807, 2.05) is 0 Å². The van der Waals surface area contributed by atoms with Crippen molar-refractivity contribution in [2.75, 3.05) is 5.32 Å². The molecule has 0 saturated heterocycles. The zero-order valence-electron chi connectivity index (χ0n) is 11.4. The van der Waals surface area contributed by atoms with Crippen LogP contribution in [0.4, 0.5) is 5.95 Å². The van der Waals surface area contributed by atoms with Crippen LogP contribution < -0.4 is 10.6 Å². The smallest absolute Gasteiger partial charge is 0.305 e. The molecule has 22 heavy (non-hydrogen) atoms. The fourth-order valence-electron chi connectivity index (χ4n) is 1.78. The topological polar surface area (TPSA) is 87.1 Å². The largest absolute Gasteiger partial charge is 0.481 e. The van der Waals surface area contributed by atoms with E-state index in [1.54, 1.807) is 42.7 Å². The van der Waals surface area contributed by atoms with Gasteiger partial charge in [-0.15, -0.1) is 0 Å². The Morgan fingerprint density at radius 2 is 1.91 bits per heavy atom. The molecular formula is C14H13ClN4O2S. The summed E-state index contributed by atoms with van der Waals surface area (Å²) in [6, 6.07) is 8.10. The number of carboxylic acids is 1. The van der Waals surface area contributed by atoms with Crippen molar-refractivity contribution >= 4 is 40.8 Å². The van der Waals surface area contributed by atoms with E-state index in [0.29, 0.717) is 11.0 Å². The van der Waals surface area contributed by atoms with E-state index >= 15 is 0 Å². The number of hydrogen-bond acceptors (Lipinski definition) is 4. The van der Waals surface area contributed by atoms with Crippen LogP contribution in [0.5, 0.6) is 0 Å². The van der Waals surface area contributed by atoms with Crippen LogP contribution in [-0.4, -0.2) is 26.2 Å². The molecule has 2 rings (SSSR count). The van der Waals surface area contributed by atoms with Gasteiger partial charge in [0.2, 0.25) is 5.95 Å². The molecule has 0 amide bonds. The average Bonchev–Trinajstić information content (AvgIpc) is 2.48. The number of carboxylic acid groups (broad SMARTS) is 1. The highest BCUT2D eigenvalue weighted by Gasteiger charge is 2.17. The minimum atomic E-state index is -0.939. The molecule has 0 fully saturated rings. The lowest BCUT2D eigenvalue weighted by Gasteiger charge is -2.19. The lowest BCUT2D eigenvalue weighted by atomic mass is 10.0. The minimum Gasteiger partial charge on any atom is -0.481 e. The van der Waals surface area contributed by atoms with E-state index < -0.39 is 12.0 Å². The second kappa shape index (κ2) is 7.67. The summed E-state index contributed by atoms with van der Waals surface area (Å²) in [4.78, 5) is 19.0. The number of nitrogens with one attached hydrogen (secondary N) is 2. The number of anilines is 1. The zero-order valence-corrected chi connectivity index (χ0v) is 12.9. The third-order valence-corrected chi connectivity index (χ3v) is 3.22. The lowest BCUT2D eigenvalue weighted by molar-refractivity contribution is -0.137. The van der Waals surface area contributed by atoms with Crippen LogP contribution in [0.15, 0.2) is 42.7 Å². The van der Waals surface area contributed by atoms with Crippen LogP contribution in [0.2, 0.25) is 5.02 Å². The molecule has 0 aliphatic carbocycles. The second-order valence-electron chi connectivity index (χ2n) is 4.37. The van der Waals surface area contributed by atoms with Gasteiger partial charge in [0.05, 0.1) is 12.5 Å². The van der Waals surface area contributed by atoms with Gasteiger partial charge in [-0.05, 0) is 36.0 Å². The quantitative estimate of drug-likeness (QED) is 0.723. The fraction of sp³-hybridized carbons (Fsp3) is 0.143. The number of aromatic nitrogens is 2. The van der Waals surface area contributed by atoms with Crippen molar-refractivity contribution in [2.24, 2.45) is 0 Å².